The van der Waals surface area contributed by atoms with E-state index in [4.69, 9.17) is 13.6 Å². The van der Waals surface area contributed by atoms with Crippen molar-refractivity contribution in [2.45, 2.75) is 31.9 Å². The molecule has 1 atom stereocenters. The second kappa shape index (κ2) is 10.2. The van der Waals surface area contributed by atoms with Crippen LogP contribution in [0.2, 0.25) is 0 Å². The summed E-state index contributed by atoms with van der Waals surface area (Å²) < 4.78 is 17.6. The van der Waals surface area contributed by atoms with E-state index in [0.717, 1.165) is 35.7 Å². The number of nitrogens with one attached hydrogen (secondary N) is 1. The lowest BCUT2D eigenvalue weighted by molar-refractivity contribution is 0.147. The predicted octanol–water partition coefficient (Wildman–Crippen LogP) is 3.61. The molecule has 0 bridgehead atoms. The van der Waals surface area contributed by atoms with E-state index in [1.54, 1.807) is 31.5 Å². The fraction of sp³-hybridized carbons (Fsp3) is 0.316. The number of unbranched alkanes of at least 4 members (excludes halogenated alkanes) is 1. The van der Waals surface area contributed by atoms with Crippen LogP contribution in [0.1, 0.15) is 34.8 Å². The second-order valence-corrected chi connectivity index (χ2v) is 8.39. The molecule has 1 unspecified atom stereocenters. The molecular formula is C19H19N6O4S2+. The van der Waals surface area contributed by atoms with Gasteiger partial charge in [-0.25, -0.2) is 0 Å². The minimum absolute atomic E-state index is 0.361. The summed E-state index contributed by atoms with van der Waals surface area (Å²) in [6.07, 6.45) is 7.85. The lowest BCUT2D eigenvalue weighted by atomic mass is 10.2. The fourth-order valence-electron chi connectivity index (χ4n) is 2.75. The van der Waals surface area contributed by atoms with E-state index in [2.05, 4.69) is 25.7 Å². The van der Waals surface area contributed by atoms with Crippen molar-refractivity contribution in [1.82, 2.24) is 30.3 Å². The van der Waals surface area contributed by atoms with Gasteiger partial charge in [-0.3, -0.25) is 5.32 Å². The van der Waals surface area contributed by atoms with Crippen molar-refractivity contribution in [2.24, 2.45) is 0 Å². The highest BCUT2D eigenvalue weighted by Gasteiger charge is 2.22. The van der Waals surface area contributed by atoms with Crippen molar-refractivity contribution in [3.8, 4) is 5.19 Å². The van der Waals surface area contributed by atoms with E-state index in [9.17, 15) is 4.79 Å². The van der Waals surface area contributed by atoms with E-state index < -0.39 is 6.23 Å². The summed E-state index contributed by atoms with van der Waals surface area (Å²) in [5, 5.41) is 22.2. The molecule has 12 heteroatoms. The Morgan fingerprint density at radius 1 is 1.06 bits per heavy atom. The molecule has 0 aliphatic heterocycles. The fourth-order valence-corrected chi connectivity index (χ4v) is 4.35. The lowest BCUT2D eigenvalue weighted by Crippen LogP contribution is -2.21. The van der Waals surface area contributed by atoms with Crippen LogP contribution in [-0.2, 0) is 17.6 Å². The average Bonchev–Trinajstić information content (AvgIpc) is 3.59. The molecule has 10 nitrogen and oxygen atoms in total. The molecule has 0 radical (unpaired) electrons. The van der Waals surface area contributed by atoms with Crippen LogP contribution >= 0.6 is 22.7 Å². The molecule has 4 aromatic heterocycles. The van der Waals surface area contributed by atoms with Gasteiger partial charge in [-0.2, -0.15) is 4.79 Å². The van der Waals surface area contributed by atoms with Crippen LogP contribution in [0, 0.1) is 0 Å². The Bertz CT molecular complexity index is 1130. The number of hydrogen-bond acceptors (Lipinski definition) is 11. The van der Waals surface area contributed by atoms with Crippen molar-refractivity contribution in [2.75, 3.05) is 7.05 Å². The number of ether oxygens (including phenoxy) is 1. The molecule has 0 saturated carbocycles. The Kier molecular flexibility index (Phi) is 6.95. The molecule has 0 spiro atoms. The number of aryl methyl sites for hydroxylation is 2. The van der Waals surface area contributed by atoms with Crippen molar-refractivity contribution < 1.29 is 18.4 Å². The van der Waals surface area contributed by atoms with Crippen LogP contribution in [0.5, 0.6) is 5.19 Å². The number of isocyanates is 1. The summed E-state index contributed by atoms with van der Waals surface area (Å²) in [5.41, 5.74) is 0. The highest BCUT2D eigenvalue weighted by Crippen LogP contribution is 2.26. The topological polar surface area (TPSA) is 119 Å². The molecule has 0 saturated heterocycles. The van der Waals surface area contributed by atoms with Gasteiger partial charge in [0, 0.05) is 18.9 Å². The zero-order valence-corrected chi connectivity index (χ0v) is 18.2. The summed E-state index contributed by atoms with van der Waals surface area (Å²) in [6, 6.07) is 7.01. The average molecular weight is 460 g/mol. The highest BCUT2D eigenvalue weighted by atomic mass is 32.1. The zero-order valence-electron chi connectivity index (χ0n) is 16.6. The summed E-state index contributed by atoms with van der Waals surface area (Å²) in [5.74, 6) is 1.04. The number of nitrogens with zero attached hydrogens (tertiary/aromatic N) is 5. The Hall–Kier alpha value is -3.18. The van der Waals surface area contributed by atoms with E-state index in [-0.39, 0.29) is 0 Å². The molecule has 0 aliphatic rings. The molecule has 4 rings (SSSR count). The van der Waals surface area contributed by atoms with Gasteiger partial charge in [0.25, 0.3) is 5.19 Å². The summed E-state index contributed by atoms with van der Waals surface area (Å²) in [6.45, 7) is 0. The van der Waals surface area contributed by atoms with E-state index in [0.29, 0.717) is 22.0 Å². The third-order valence-corrected chi connectivity index (χ3v) is 6.07. The van der Waals surface area contributed by atoms with Gasteiger partial charge < -0.3 is 13.6 Å². The summed E-state index contributed by atoms with van der Waals surface area (Å²) >= 11 is 2.76. The van der Waals surface area contributed by atoms with Crippen molar-refractivity contribution in [3.63, 3.8) is 0 Å². The molecule has 1 N–H and O–H groups in total. The van der Waals surface area contributed by atoms with Gasteiger partial charge in [-0.15, -0.1) is 5.10 Å². The lowest BCUT2D eigenvalue weighted by Gasteiger charge is -2.12. The van der Waals surface area contributed by atoms with Crippen LogP contribution in [0.3, 0.4) is 0 Å². The molecule has 0 fully saturated rings. The molecule has 0 aliphatic carbocycles. The molecule has 4 aromatic rings. The van der Waals surface area contributed by atoms with Gasteiger partial charge in [-0.05, 0) is 54.5 Å². The smallest absolute Gasteiger partial charge is 0.428 e. The van der Waals surface area contributed by atoms with E-state index >= 15 is 0 Å². The first-order chi connectivity index (χ1) is 15.3. The first-order valence-electron chi connectivity index (χ1n) is 9.50. The van der Waals surface area contributed by atoms with E-state index in [1.807, 2.05) is 12.1 Å². The standard InChI is InChI=1S/C19H19N6O4S2/c1-20-17(13-6-4-10-27-13)29-19-24-22-15(31-19)8-3-2-7-14-21-23-18(30-14)25(12-26)16-9-5-11-28-16/h4-6,9-11,17,20H,2-3,7-8H2,1H3/q+1. The van der Waals surface area contributed by atoms with Crippen molar-refractivity contribution >= 4 is 39.8 Å². The first-order valence-corrected chi connectivity index (χ1v) is 11.1. The third kappa shape index (κ3) is 5.30. The van der Waals surface area contributed by atoms with Crippen LogP contribution in [0.25, 0.3) is 0 Å². The number of carbonyl (C=O) groups excluding carboxylic acids is 1. The second-order valence-electron chi connectivity index (χ2n) is 6.33. The molecular weight excluding hydrogens is 440 g/mol. The molecule has 0 amide bonds. The number of rotatable bonds is 11. The maximum atomic E-state index is 11.2. The van der Waals surface area contributed by atoms with Crippen LogP contribution < -0.4 is 14.6 Å². The zero-order chi connectivity index (χ0) is 21.5. The minimum atomic E-state index is -0.410. The van der Waals surface area contributed by atoms with Crippen LogP contribution in [-0.4, -0.2) is 33.5 Å². The first kappa shape index (κ1) is 21.1. The quantitative estimate of drug-likeness (QED) is 0.118. The van der Waals surface area contributed by atoms with Crippen LogP contribution in [0.4, 0.5) is 11.0 Å². The summed E-state index contributed by atoms with van der Waals surface area (Å²) in [4.78, 5) is 11.2. The Labute approximate surface area is 185 Å². The maximum absolute atomic E-state index is 11.2. The number of hydrogen-bond donors (Lipinski definition) is 1. The van der Waals surface area contributed by atoms with Crippen molar-refractivity contribution in [3.05, 3.63) is 52.6 Å². The molecule has 0 aromatic carbocycles. The Balaban J connectivity index is 1.25. The van der Waals surface area contributed by atoms with Gasteiger partial charge in [0.1, 0.15) is 10.0 Å². The summed E-state index contributed by atoms with van der Waals surface area (Å²) in [7, 11) is 1.79. The van der Waals surface area contributed by atoms with E-state index in [1.165, 1.54) is 33.5 Å². The van der Waals surface area contributed by atoms with Gasteiger partial charge in [0.2, 0.25) is 6.23 Å². The Morgan fingerprint density at radius 2 is 1.81 bits per heavy atom. The molecule has 4 heterocycles. The number of aromatic nitrogens is 4. The van der Waals surface area contributed by atoms with Crippen molar-refractivity contribution in [1.29, 1.82) is 0 Å². The highest BCUT2D eigenvalue weighted by molar-refractivity contribution is 7.15. The normalized spacial score (nSPS) is 11.9. The molecule has 160 valence electrons. The monoisotopic (exact) mass is 459 g/mol. The number of furan rings is 2. The largest absolute Gasteiger partial charge is 0.464 e. The Morgan fingerprint density at radius 3 is 2.48 bits per heavy atom. The third-order valence-electron chi connectivity index (χ3n) is 4.23. The predicted molar refractivity (Wildman–Crippen MR) is 113 cm³/mol. The molecule has 31 heavy (non-hydrogen) atoms. The van der Waals surface area contributed by atoms with Gasteiger partial charge in [-0.1, -0.05) is 21.0 Å². The maximum Gasteiger partial charge on any atom is 0.428 e. The van der Waals surface area contributed by atoms with Gasteiger partial charge in [0.05, 0.1) is 17.6 Å². The minimum Gasteiger partial charge on any atom is -0.464 e. The SMILES string of the molecule is CNC(Oc1nnc(CCCCc2nnc([N+](=C=O)c3ccco3)s2)s1)c1ccco1. The van der Waals surface area contributed by atoms with Gasteiger partial charge >= 0.3 is 17.1 Å². The van der Waals surface area contributed by atoms with Gasteiger partial charge in [0.15, 0.2) is 5.76 Å². The van der Waals surface area contributed by atoms with Crippen LogP contribution in [0.15, 0.2) is 45.6 Å².